The average molecular weight is 401 g/mol. The van der Waals surface area contributed by atoms with Gasteiger partial charge in [-0.25, -0.2) is 4.39 Å². The first-order chi connectivity index (χ1) is 12.5. The van der Waals surface area contributed by atoms with Gasteiger partial charge in [0.1, 0.15) is 11.6 Å². The van der Waals surface area contributed by atoms with Crippen LogP contribution >= 0.6 is 12.4 Å². The van der Waals surface area contributed by atoms with E-state index in [0.717, 1.165) is 5.56 Å². The Bertz CT molecular complexity index is 759. The van der Waals surface area contributed by atoms with E-state index in [2.05, 4.69) is 10.1 Å². The molecule has 1 amide bonds. The van der Waals surface area contributed by atoms with Gasteiger partial charge in [0.05, 0.1) is 12.5 Å². The molecule has 0 radical (unpaired) electrons. The smallest absolute Gasteiger partial charge is 0.387 e. The Kier molecular flexibility index (Phi) is 7.50. The topological polar surface area (TPSA) is 41.6 Å². The molecular weight excluding hydrogens is 381 g/mol. The van der Waals surface area contributed by atoms with Crippen molar-refractivity contribution in [1.82, 2.24) is 10.2 Å². The third-order valence-electron chi connectivity index (χ3n) is 4.30. The van der Waals surface area contributed by atoms with Gasteiger partial charge < -0.3 is 15.0 Å². The fourth-order valence-corrected chi connectivity index (χ4v) is 3.08. The minimum Gasteiger partial charge on any atom is -0.435 e. The summed E-state index contributed by atoms with van der Waals surface area (Å²) in [4.78, 5) is 14.5. The minimum atomic E-state index is -2.88. The zero-order valence-corrected chi connectivity index (χ0v) is 15.2. The largest absolute Gasteiger partial charge is 0.435 e. The maximum Gasteiger partial charge on any atom is 0.387 e. The highest BCUT2D eigenvalue weighted by atomic mass is 35.5. The second-order valence-corrected chi connectivity index (χ2v) is 6.06. The molecule has 1 atom stereocenters. The van der Waals surface area contributed by atoms with Crippen LogP contribution < -0.4 is 10.1 Å². The van der Waals surface area contributed by atoms with Crippen molar-refractivity contribution in [3.8, 4) is 5.75 Å². The number of carbonyl (C=O) groups is 1. The Morgan fingerprint density at radius 2 is 1.96 bits per heavy atom. The molecule has 1 saturated heterocycles. The Morgan fingerprint density at radius 3 is 2.63 bits per heavy atom. The van der Waals surface area contributed by atoms with Gasteiger partial charge >= 0.3 is 6.61 Å². The van der Waals surface area contributed by atoms with E-state index in [1.54, 1.807) is 29.2 Å². The lowest BCUT2D eigenvalue weighted by molar-refractivity contribution is -0.133. The summed E-state index contributed by atoms with van der Waals surface area (Å²) in [6, 6.07) is 12.0. The Balaban J connectivity index is 0.00000261. The van der Waals surface area contributed by atoms with E-state index in [4.69, 9.17) is 0 Å². The molecule has 0 bridgehead atoms. The zero-order valence-electron chi connectivity index (χ0n) is 14.4. The number of carbonyl (C=O) groups excluding carboxylic acids is 1. The normalized spacial score (nSPS) is 16.7. The van der Waals surface area contributed by atoms with Crippen molar-refractivity contribution in [1.29, 1.82) is 0 Å². The van der Waals surface area contributed by atoms with Gasteiger partial charge in [-0.15, -0.1) is 12.4 Å². The predicted molar refractivity (Wildman–Crippen MR) is 97.7 cm³/mol. The van der Waals surface area contributed by atoms with Crippen molar-refractivity contribution in [2.75, 3.05) is 19.6 Å². The van der Waals surface area contributed by atoms with E-state index in [1.807, 2.05) is 0 Å². The maximum atomic E-state index is 13.5. The van der Waals surface area contributed by atoms with Crippen LogP contribution in [-0.4, -0.2) is 37.1 Å². The molecule has 146 valence electrons. The summed E-state index contributed by atoms with van der Waals surface area (Å²) in [6.07, 6.45) is 0.140. The fraction of sp³-hybridized carbons (Fsp3) is 0.316. The van der Waals surface area contributed by atoms with Crippen LogP contribution in [0.4, 0.5) is 13.2 Å². The van der Waals surface area contributed by atoms with Crippen LogP contribution in [0.15, 0.2) is 48.5 Å². The Morgan fingerprint density at radius 1 is 1.22 bits per heavy atom. The van der Waals surface area contributed by atoms with Crippen molar-refractivity contribution in [2.24, 2.45) is 0 Å². The van der Waals surface area contributed by atoms with E-state index in [0.29, 0.717) is 25.2 Å². The zero-order chi connectivity index (χ0) is 18.5. The summed E-state index contributed by atoms with van der Waals surface area (Å²) < 4.78 is 42.2. The molecule has 8 heteroatoms. The predicted octanol–water partition coefficient (Wildman–Crippen LogP) is 3.56. The van der Waals surface area contributed by atoms with Crippen LogP contribution in [-0.2, 0) is 11.2 Å². The van der Waals surface area contributed by atoms with Gasteiger partial charge in [0.15, 0.2) is 0 Å². The van der Waals surface area contributed by atoms with Crippen molar-refractivity contribution in [3.63, 3.8) is 0 Å². The molecule has 1 unspecified atom stereocenters. The molecule has 2 aromatic rings. The molecule has 1 aliphatic heterocycles. The molecule has 1 aliphatic rings. The first-order valence-electron chi connectivity index (χ1n) is 8.32. The van der Waals surface area contributed by atoms with Crippen LogP contribution in [0.5, 0.6) is 5.75 Å². The Hall–Kier alpha value is -2.25. The summed E-state index contributed by atoms with van der Waals surface area (Å²) in [5.74, 6) is -0.380. The molecular formula is C19H20ClF3N2O2. The number of halogens is 4. The summed E-state index contributed by atoms with van der Waals surface area (Å²) in [6.45, 7) is -1.14. The number of hydrogen-bond acceptors (Lipinski definition) is 3. The number of piperazine rings is 1. The molecule has 0 aromatic heterocycles. The lowest BCUT2D eigenvalue weighted by Crippen LogP contribution is -2.49. The highest BCUT2D eigenvalue weighted by Crippen LogP contribution is 2.24. The van der Waals surface area contributed by atoms with Crippen molar-refractivity contribution in [2.45, 2.75) is 19.1 Å². The van der Waals surface area contributed by atoms with E-state index < -0.39 is 6.61 Å². The van der Waals surface area contributed by atoms with Crippen LogP contribution in [0.3, 0.4) is 0 Å². The molecule has 2 aromatic carbocycles. The molecule has 1 N–H and O–H groups in total. The molecule has 0 spiro atoms. The summed E-state index contributed by atoms with van der Waals surface area (Å²) in [5.41, 5.74) is 1.44. The second kappa shape index (κ2) is 9.62. The number of hydrogen-bond donors (Lipinski definition) is 1. The molecule has 1 fully saturated rings. The number of benzene rings is 2. The summed E-state index contributed by atoms with van der Waals surface area (Å²) in [5, 5.41) is 3.22. The minimum absolute atomic E-state index is 0. The molecule has 0 saturated carbocycles. The van der Waals surface area contributed by atoms with E-state index in [-0.39, 0.29) is 42.3 Å². The first-order valence-corrected chi connectivity index (χ1v) is 8.32. The average Bonchev–Trinajstić information content (AvgIpc) is 2.63. The number of ether oxygens (including phenoxy) is 1. The van der Waals surface area contributed by atoms with Gasteiger partial charge in [-0.3, -0.25) is 4.79 Å². The molecule has 4 nitrogen and oxygen atoms in total. The van der Waals surface area contributed by atoms with Crippen LogP contribution in [0.2, 0.25) is 0 Å². The Labute approximate surface area is 161 Å². The van der Waals surface area contributed by atoms with Gasteiger partial charge in [-0.2, -0.15) is 8.78 Å². The molecule has 1 heterocycles. The standard InChI is InChI=1S/C19H19F3N2O2.ClH/c20-15-3-1-2-14(11-15)17-12-23-8-9-24(17)18(25)10-13-4-6-16(7-5-13)26-19(21)22;/h1-7,11,17,19,23H,8-10,12H2;1H. The van der Waals surface area contributed by atoms with Crippen molar-refractivity contribution < 1.29 is 22.7 Å². The number of amides is 1. The maximum absolute atomic E-state index is 13.5. The fourth-order valence-electron chi connectivity index (χ4n) is 3.08. The lowest BCUT2D eigenvalue weighted by atomic mass is 10.0. The van der Waals surface area contributed by atoms with E-state index >= 15 is 0 Å². The second-order valence-electron chi connectivity index (χ2n) is 6.06. The number of rotatable bonds is 5. The van der Waals surface area contributed by atoms with Gasteiger partial charge in [0.2, 0.25) is 5.91 Å². The highest BCUT2D eigenvalue weighted by Gasteiger charge is 2.28. The number of nitrogens with zero attached hydrogens (tertiary/aromatic N) is 1. The third kappa shape index (κ3) is 5.61. The quantitative estimate of drug-likeness (QED) is 0.834. The van der Waals surface area contributed by atoms with Crippen molar-refractivity contribution in [3.05, 3.63) is 65.5 Å². The van der Waals surface area contributed by atoms with Crippen LogP contribution in [0.1, 0.15) is 17.2 Å². The summed E-state index contributed by atoms with van der Waals surface area (Å²) in [7, 11) is 0. The summed E-state index contributed by atoms with van der Waals surface area (Å²) >= 11 is 0. The van der Waals surface area contributed by atoms with Gasteiger partial charge in [-0.05, 0) is 35.4 Å². The van der Waals surface area contributed by atoms with E-state index in [1.165, 1.54) is 24.3 Å². The SMILES string of the molecule is Cl.O=C(Cc1ccc(OC(F)F)cc1)N1CCNCC1c1cccc(F)c1. The molecule has 0 aliphatic carbocycles. The van der Waals surface area contributed by atoms with Crippen LogP contribution in [0.25, 0.3) is 0 Å². The molecule has 3 rings (SSSR count). The first kappa shape index (κ1) is 21.1. The number of nitrogens with one attached hydrogen (secondary N) is 1. The van der Waals surface area contributed by atoms with Crippen LogP contribution in [0, 0.1) is 5.82 Å². The van der Waals surface area contributed by atoms with Crippen molar-refractivity contribution >= 4 is 18.3 Å². The third-order valence-corrected chi connectivity index (χ3v) is 4.30. The van der Waals surface area contributed by atoms with Gasteiger partial charge in [0.25, 0.3) is 0 Å². The number of alkyl halides is 2. The monoisotopic (exact) mass is 400 g/mol. The highest BCUT2D eigenvalue weighted by molar-refractivity contribution is 5.85. The van der Waals surface area contributed by atoms with Gasteiger partial charge in [-0.1, -0.05) is 24.3 Å². The van der Waals surface area contributed by atoms with Gasteiger partial charge in [0, 0.05) is 19.6 Å². The lowest BCUT2D eigenvalue weighted by Gasteiger charge is -2.36. The van der Waals surface area contributed by atoms with E-state index in [9.17, 15) is 18.0 Å². The molecule has 27 heavy (non-hydrogen) atoms.